The molecule has 0 bridgehead atoms. The number of nitrogen functional groups attached to an aromatic ring is 1. The lowest BCUT2D eigenvalue weighted by molar-refractivity contribution is 0.0798. The van der Waals surface area contributed by atoms with E-state index in [9.17, 15) is 0 Å². The second kappa shape index (κ2) is 10.2. The Bertz CT molecular complexity index is 397. The molecular formula is C15H24Cl2N2O2. The third kappa shape index (κ3) is 6.85. The number of rotatable bonds is 10. The van der Waals surface area contributed by atoms with E-state index >= 15 is 0 Å². The largest absolute Gasteiger partial charge is 0.396 e. The lowest BCUT2D eigenvalue weighted by Gasteiger charge is -2.22. The van der Waals surface area contributed by atoms with Gasteiger partial charge in [0.25, 0.3) is 0 Å². The first kappa shape index (κ1) is 18.5. The summed E-state index contributed by atoms with van der Waals surface area (Å²) in [7, 11) is 0. The van der Waals surface area contributed by atoms with Crippen LogP contribution in [0.2, 0.25) is 10.0 Å². The van der Waals surface area contributed by atoms with Gasteiger partial charge in [-0.3, -0.25) is 4.90 Å². The Morgan fingerprint density at radius 2 is 1.48 bits per heavy atom. The molecule has 0 heterocycles. The normalized spacial score (nSPS) is 11.3. The number of hydrogen-bond donors (Lipinski definition) is 1. The van der Waals surface area contributed by atoms with Crippen molar-refractivity contribution in [2.75, 3.05) is 45.3 Å². The zero-order valence-electron chi connectivity index (χ0n) is 12.7. The highest BCUT2D eigenvalue weighted by molar-refractivity contribution is 6.38. The van der Waals surface area contributed by atoms with Gasteiger partial charge in [-0.15, -0.1) is 0 Å². The second-order valence-corrected chi connectivity index (χ2v) is 5.46. The number of ether oxygens (including phenoxy) is 2. The Morgan fingerprint density at radius 1 is 1.00 bits per heavy atom. The van der Waals surface area contributed by atoms with Crippen LogP contribution in [0.3, 0.4) is 0 Å². The summed E-state index contributed by atoms with van der Waals surface area (Å²) in [6.45, 7) is 9.21. The predicted octanol–water partition coefficient (Wildman–Crippen LogP) is 3.45. The fourth-order valence-corrected chi connectivity index (χ4v) is 2.46. The molecule has 0 aliphatic heterocycles. The second-order valence-electron chi connectivity index (χ2n) is 4.64. The summed E-state index contributed by atoms with van der Waals surface area (Å²) in [6, 6.07) is 3.72. The number of benzene rings is 1. The number of halogens is 2. The number of anilines is 1. The molecule has 0 aliphatic rings. The standard InChI is InChI=1S/C15H24Cl2N2O2/c1-3-20-7-5-19(6-8-21-4-2)11-12-9-13(16)15(18)14(17)10-12/h9-10H,3-8,11,18H2,1-2H3. The van der Waals surface area contributed by atoms with Gasteiger partial charge in [0.05, 0.1) is 28.9 Å². The van der Waals surface area contributed by atoms with E-state index in [-0.39, 0.29) is 0 Å². The molecule has 4 nitrogen and oxygen atoms in total. The van der Waals surface area contributed by atoms with Crippen LogP contribution in [0.5, 0.6) is 0 Å². The zero-order valence-corrected chi connectivity index (χ0v) is 14.2. The first-order valence-corrected chi connectivity index (χ1v) is 7.95. The summed E-state index contributed by atoms with van der Waals surface area (Å²) >= 11 is 12.2. The molecule has 0 fully saturated rings. The summed E-state index contributed by atoms with van der Waals surface area (Å²) in [5.41, 5.74) is 7.22. The molecule has 1 aromatic rings. The van der Waals surface area contributed by atoms with Gasteiger partial charge in [0, 0.05) is 32.8 Å². The molecule has 0 aromatic heterocycles. The number of nitrogens with zero attached hydrogens (tertiary/aromatic N) is 1. The van der Waals surface area contributed by atoms with Crippen molar-refractivity contribution >= 4 is 28.9 Å². The maximum Gasteiger partial charge on any atom is 0.0693 e. The molecule has 0 amide bonds. The van der Waals surface area contributed by atoms with Crippen molar-refractivity contribution in [2.24, 2.45) is 0 Å². The molecule has 120 valence electrons. The average Bonchev–Trinajstić information content (AvgIpc) is 2.45. The van der Waals surface area contributed by atoms with Crippen molar-refractivity contribution in [2.45, 2.75) is 20.4 Å². The smallest absolute Gasteiger partial charge is 0.0693 e. The molecule has 1 rings (SSSR count). The maximum atomic E-state index is 6.08. The molecule has 0 unspecified atom stereocenters. The van der Waals surface area contributed by atoms with Gasteiger partial charge in [-0.25, -0.2) is 0 Å². The van der Waals surface area contributed by atoms with Crippen LogP contribution < -0.4 is 5.73 Å². The Morgan fingerprint density at radius 3 is 1.90 bits per heavy atom. The van der Waals surface area contributed by atoms with E-state index in [2.05, 4.69) is 4.90 Å². The van der Waals surface area contributed by atoms with Gasteiger partial charge >= 0.3 is 0 Å². The molecule has 0 saturated heterocycles. The fraction of sp³-hybridized carbons (Fsp3) is 0.600. The Balaban J connectivity index is 2.65. The molecule has 2 N–H and O–H groups in total. The maximum absolute atomic E-state index is 6.08. The summed E-state index contributed by atoms with van der Waals surface area (Å²) in [5, 5.41) is 0.985. The molecule has 0 spiro atoms. The minimum Gasteiger partial charge on any atom is -0.396 e. The van der Waals surface area contributed by atoms with Crippen molar-refractivity contribution in [3.05, 3.63) is 27.7 Å². The zero-order chi connectivity index (χ0) is 15.7. The fourth-order valence-electron chi connectivity index (χ4n) is 1.93. The summed E-state index contributed by atoms with van der Waals surface area (Å²) in [6.07, 6.45) is 0. The number of hydrogen-bond acceptors (Lipinski definition) is 4. The molecule has 0 atom stereocenters. The van der Waals surface area contributed by atoms with Crippen molar-refractivity contribution in [3.63, 3.8) is 0 Å². The van der Waals surface area contributed by atoms with E-state index in [1.165, 1.54) is 0 Å². The van der Waals surface area contributed by atoms with Crippen LogP contribution in [0.15, 0.2) is 12.1 Å². The predicted molar refractivity (Wildman–Crippen MR) is 89.1 cm³/mol. The van der Waals surface area contributed by atoms with Crippen molar-refractivity contribution in [1.82, 2.24) is 4.90 Å². The van der Waals surface area contributed by atoms with Crippen LogP contribution >= 0.6 is 23.2 Å². The minimum atomic E-state index is 0.428. The molecule has 0 aliphatic carbocycles. The Kier molecular flexibility index (Phi) is 9.04. The Labute approximate surface area is 137 Å². The summed E-state index contributed by atoms with van der Waals surface area (Å²) in [4.78, 5) is 2.25. The molecule has 6 heteroatoms. The molecular weight excluding hydrogens is 311 g/mol. The van der Waals surface area contributed by atoms with Crippen LogP contribution in [0, 0.1) is 0 Å². The van der Waals surface area contributed by atoms with Crippen molar-refractivity contribution in [1.29, 1.82) is 0 Å². The molecule has 0 saturated carbocycles. The molecule has 0 radical (unpaired) electrons. The summed E-state index contributed by atoms with van der Waals surface area (Å²) in [5.74, 6) is 0. The summed E-state index contributed by atoms with van der Waals surface area (Å²) < 4.78 is 10.8. The van der Waals surface area contributed by atoms with Crippen molar-refractivity contribution in [3.8, 4) is 0 Å². The third-order valence-corrected chi connectivity index (χ3v) is 3.68. The number of nitrogens with two attached hydrogens (primary N) is 1. The lowest BCUT2D eigenvalue weighted by atomic mass is 10.2. The van der Waals surface area contributed by atoms with Gasteiger partial charge in [0.15, 0.2) is 0 Å². The van der Waals surface area contributed by atoms with Crippen LogP contribution in [-0.4, -0.2) is 44.4 Å². The third-order valence-electron chi connectivity index (χ3n) is 3.06. The minimum absolute atomic E-state index is 0.428. The SMILES string of the molecule is CCOCCN(CCOCC)Cc1cc(Cl)c(N)c(Cl)c1. The lowest BCUT2D eigenvalue weighted by Crippen LogP contribution is -2.30. The highest BCUT2D eigenvalue weighted by Gasteiger charge is 2.10. The monoisotopic (exact) mass is 334 g/mol. The van der Waals surface area contributed by atoms with Crippen LogP contribution in [-0.2, 0) is 16.0 Å². The molecule has 21 heavy (non-hydrogen) atoms. The van der Waals surface area contributed by atoms with Crippen molar-refractivity contribution < 1.29 is 9.47 Å². The van der Waals surface area contributed by atoms with Gasteiger partial charge < -0.3 is 15.2 Å². The van der Waals surface area contributed by atoms with Crippen LogP contribution in [0.1, 0.15) is 19.4 Å². The van der Waals surface area contributed by atoms with E-state index in [0.717, 1.165) is 38.4 Å². The van der Waals surface area contributed by atoms with E-state index in [0.29, 0.717) is 28.9 Å². The topological polar surface area (TPSA) is 47.7 Å². The van der Waals surface area contributed by atoms with Gasteiger partial charge in [-0.05, 0) is 31.5 Å². The first-order chi connectivity index (χ1) is 10.1. The van der Waals surface area contributed by atoms with Gasteiger partial charge in [-0.1, -0.05) is 23.2 Å². The van der Waals surface area contributed by atoms with E-state index in [4.69, 9.17) is 38.4 Å². The van der Waals surface area contributed by atoms with E-state index < -0.39 is 0 Å². The molecule has 1 aromatic carbocycles. The highest BCUT2D eigenvalue weighted by atomic mass is 35.5. The quantitative estimate of drug-likeness (QED) is 0.526. The Hall–Kier alpha value is -0.520. The van der Waals surface area contributed by atoms with E-state index in [1.54, 1.807) is 0 Å². The van der Waals surface area contributed by atoms with Gasteiger partial charge in [0.2, 0.25) is 0 Å². The highest BCUT2D eigenvalue weighted by Crippen LogP contribution is 2.29. The van der Waals surface area contributed by atoms with Gasteiger partial charge in [-0.2, -0.15) is 0 Å². The van der Waals surface area contributed by atoms with E-state index in [1.807, 2.05) is 26.0 Å². The van der Waals surface area contributed by atoms with Crippen LogP contribution in [0.25, 0.3) is 0 Å². The van der Waals surface area contributed by atoms with Gasteiger partial charge in [0.1, 0.15) is 0 Å². The average molecular weight is 335 g/mol. The van der Waals surface area contributed by atoms with Crippen LogP contribution in [0.4, 0.5) is 5.69 Å². The first-order valence-electron chi connectivity index (χ1n) is 7.19.